The first-order valence-electron chi connectivity index (χ1n) is 12.6. The summed E-state index contributed by atoms with van der Waals surface area (Å²) in [6, 6.07) is 7.87. The smallest absolute Gasteiger partial charge is 0.336 e. The topological polar surface area (TPSA) is 76.7 Å². The third-order valence-corrected chi connectivity index (χ3v) is 7.82. The van der Waals surface area contributed by atoms with Gasteiger partial charge in [0, 0.05) is 41.3 Å². The number of esters is 1. The van der Waals surface area contributed by atoms with Gasteiger partial charge in [-0.1, -0.05) is 31.2 Å². The molecule has 0 aromatic heterocycles. The second-order valence-electron chi connectivity index (χ2n) is 10.6. The van der Waals surface area contributed by atoms with E-state index in [0.717, 1.165) is 41.1 Å². The summed E-state index contributed by atoms with van der Waals surface area (Å²) in [6.45, 7) is 8.31. The molecule has 0 bridgehead atoms. The van der Waals surface area contributed by atoms with Crippen LogP contribution in [-0.4, -0.2) is 37.6 Å². The fourth-order valence-corrected chi connectivity index (χ4v) is 5.88. The number of rotatable bonds is 5. The SMILES string of the molecule is CNC1(C)C=C(C)[C@H](OC(=O)C2=C(C)NC3=C(C2)C(=O)C[C@H](c2ccccc2OC)C3)C[C@H](C)C1. The first-order chi connectivity index (χ1) is 16.6. The molecule has 0 fully saturated rings. The molecule has 35 heavy (non-hydrogen) atoms. The largest absolute Gasteiger partial charge is 0.496 e. The molecule has 1 aliphatic heterocycles. The Morgan fingerprint density at radius 2 is 1.94 bits per heavy atom. The van der Waals surface area contributed by atoms with Gasteiger partial charge in [0.05, 0.1) is 12.7 Å². The van der Waals surface area contributed by atoms with Crippen LogP contribution in [0.2, 0.25) is 0 Å². The molecule has 6 heteroatoms. The number of allylic oxidation sites excluding steroid dienone is 3. The van der Waals surface area contributed by atoms with Crippen LogP contribution < -0.4 is 15.4 Å². The minimum atomic E-state index is -0.334. The van der Waals surface area contributed by atoms with Crippen LogP contribution in [0.5, 0.6) is 5.75 Å². The van der Waals surface area contributed by atoms with Gasteiger partial charge in [-0.15, -0.1) is 0 Å². The van der Waals surface area contributed by atoms with Gasteiger partial charge in [0.25, 0.3) is 0 Å². The molecule has 0 radical (unpaired) electrons. The van der Waals surface area contributed by atoms with Gasteiger partial charge in [-0.05, 0) is 70.2 Å². The van der Waals surface area contributed by atoms with Crippen LogP contribution in [0.1, 0.15) is 71.3 Å². The summed E-state index contributed by atoms with van der Waals surface area (Å²) in [5.74, 6) is 1.00. The van der Waals surface area contributed by atoms with Crippen molar-refractivity contribution in [2.75, 3.05) is 14.2 Å². The maximum absolute atomic E-state index is 13.3. The van der Waals surface area contributed by atoms with E-state index >= 15 is 0 Å². The average molecular weight is 479 g/mol. The number of benzene rings is 1. The van der Waals surface area contributed by atoms with Crippen LogP contribution in [0.4, 0.5) is 0 Å². The van der Waals surface area contributed by atoms with Crippen molar-refractivity contribution in [1.82, 2.24) is 10.6 Å². The van der Waals surface area contributed by atoms with Gasteiger partial charge in [-0.2, -0.15) is 0 Å². The fourth-order valence-electron chi connectivity index (χ4n) is 5.88. The van der Waals surface area contributed by atoms with E-state index in [2.05, 4.69) is 30.6 Å². The summed E-state index contributed by atoms with van der Waals surface area (Å²) in [4.78, 5) is 26.5. The van der Waals surface area contributed by atoms with Crippen molar-refractivity contribution in [1.29, 1.82) is 0 Å². The van der Waals surface area contributed by atoms with Crippen molar-refractivity contribution >= 4 is 11.8 Å². The summed E-state index contributed by atoms with van der Waals surface area (Å²) in [6.07, 6.45) is 5.15. The zero-order chi connectivity index (χ0) is 25.3. The highest BCUT2D eigenvalue weighted by atomic mass is 16.5. The monoisotopic (exact) mass is 478 g/mol. The van der Waals surface area contributed by atoms with Crippen LogP contribution in [-0.2, 0) is 14.3 Å². The van der Waals surface area contributed by atoms with Gasteiger partial charge in [0.15, 0.2) is 5.78 Å². The van der Waals surface area contributed by atoms with Crippen molar-refractivity contribution < 1.29 is 19.1 Å². The lowest BCUT2D eigenvalue weighted by Gasteiger charge is -2.32. The highest BCUT2D eigenvalue weighted by Gasteiger charge is 2.36. The number of para-hydroxylation sites is 1. The fraction of sp³-hybridized carbons (Fsp3) is 0.517. The molecular formula is C29H38N2O4. The number of hydrogen-bond donors (Lipinski definition) is 2. The summed E-state index contributed by atoms with van der Waals surface area (Å²) >= 11 is 0. The molecule has 188 valence electrons. The Balaban J connectivity index is 1.50. The number of ether oxygens (including phenoxy) is 2. The van der Waals surface area contributed by atoms with E-state index in [1.165, 1.54) is 0 Å². The van der Waals surface area contributed by atoms with E-state index in [4.69, 9.17) is 9.47 Å². The molecule has 0 amide bonds. The molecule has 1 unspecified atom stereocenters. The van der Waals surface area contributed by atoms with E-state index in [-0.39, 0.29) is 29.3 Å². The van der Waals surface area contributed by atoms with Crippen LogP contribution in [0.3, 0.4) is 0 Å². The Bertz CT molecular complexity index is 1120. The Labute approximate surface area is 208 Å². The molecule has 0 saturated heterocycles. The quantitative estimate of drug-likeness (QED) is 0.462. The zero-order valence-corrected chi connectivity index (χ0v) is 21.8. The molecule has 2 N–H and O–H groups in total. The van der Waals surface area contributed by atoms with Crippen molar-refractivity contribution in [2.45, 2.75) is 77.4 Å². The van der Waals surface area contributed by atoms with Crippen molar-refractivity contribution in [3.05, 3.63) is 64.0 Å². The van der Waals surface area contributed by atoms with Gasteiger partial charge >= 0.3 is 5.97 Å². The molecule has 4 rings (SSSR count). The van der Waals surface area contributed by atoms with Gasteiger partial charge in [0.2, 0.25) is 0 Å². The Morgan fingerprint density at radius 3 is 2.66 bits per heavy atom. The van der Waals surface area contributed by atoms with Gasteiger partial charge in [0.1, 0.15) is 11.9 Å². The maximum atomic E-state index is 13.3. The lowest BCUT2D eigenvalue weighted by molar-refractivity contribution is -0.143. The Kier molecular flexibility index (Phi) is 7.22. The van der Waals surface area contributed by atoms with Gasteiger partial charge in [-0.3, -0.25) is 4.79 Å². The van der Waals surface area contributed by atoms with Crippen LogP contribution in [0, 0.1) is 5.92 Å². The Hall–Kier alpha value is -2.86. The summed E-state index contributed by atoms with van der Waals surface area (Å²) in [5.41, 5.74) is 4.93. The first kappa shape index (κ1) is 25.2. The lowest BCUT2D eigenvalue weighted by atomic mass is 9.78. The molecular weight excluding hydrogens is 440 g/mol. The highest BCUT2D eigenvalue weighted by molar-refractivity contribution is 6.01. The number of carbonyl (C=O) groups excluding carboxylic acids is 2. The number of methoxy groups -OCH3 is 1. The van der Waals surface area contributed by atoms with Gasteiger partial charge in [-0.25, -0.2) is 4.79 Å². The summed E-state index contributed by atoms with van der Waals surface area (Å²) in [7, 11) is 3.62. The van der Waals surface area contributed by atoms with Crippen molar-refractivity contribution in [3.8, 4) is 5.75 Å². The van der Waals surface area contributed by atoms with E-state index in [0.29, 0.717) is 36.3 Å². The second kappa shape index (κ2) is 10.0. The third-order valence-electron chi connectivity index (χ3n) is 7.82. The number of hydrogen-bond acceptors (Lipinski definition) is 6. The zero-order valence-electron chi connectivity index (χ0n) is 21.8. The molecule has 4 atom stereocenters. The number of carbonyl (C=O) groups is 2. The normalized spacial score (nSPS) is 29.1. The predicted molar refractivity (Wildman–Crippen MR) is 137 cm³/mol. The summed E-state index contributed by atoms with van der Waals surface area (Å²) in [5, 5.41) is 6.78. The predicted octanol–water partition coefficient (Wildman–Crippen LogP) is 4.93. The average Bonchev–Trinajstić information content (AvgIpc) is 2.93. The second-order valence-corrected chi connectivity index (χ2v) is 10.6. The summed E-state index contributed by atoms with van der Waals surface area (Å²) < 4.78 is 11.6. The Morgan fingerprint density at radius 1 is 1.20 bits per heavy atom. The first-order valence-corrected chi connectivity index (χ1v) is 12.6. The number of likely N-dealkylation sites (N-methyl/N-ethyl adjacent to an activating group) is 1. The highest BCUT2D eigenvalue weighted by Crippen LogP contribution is 2.41. The molecule has 0 spiro atoms. The molecule has 2 aliphatic carbocycles. The molecule has 6 nitrogen and oxygen atoms in total. The number of dihydropyridines is 1. The van der Waals surface area contributed by atoms with E-state index in [1.807, 2.05) is 45.2 Å². The number of Topliss-reactive ketones (excluding diaryl/α,β-unsaturated/α-hetero) is 1. The minimum Gasteiger partial charge on any atom is -0.496 e. The molecule has 1 heterocycles. The molecule has 1 aromatic carbocycles. The molecule has 1 aromatic rings. The van der Waals surface area contributed by atoms with Crippen molar-refractivity contribution in [3.63, 3.8) is 0 Å². The number of ketones is 1. The van der Waals surface area contributed by atoms with E-state index in [9.17, 15) is 9.59 Å². The van der Waals surface area contributed by atoms with Gasteiger partial charge < -0.3 is 20.1 Å². The third kappa shape index (κ3) is 5.22. The lowest BCUT2D eigenvalue weighted by Crippen LogP contribution is -2.38. The van der Waals surface area contributed by atoms with Crippen LogP contribution in [0.15, 0.2) is 58.5 Å². The number of nitrogens with one attached hydrogen (secondary N) is 2. The van der Waals surface area contributed by atoms with Crippen molar-refractivity contribution in [2.24, 2.45) is 5.92 Å². The standard InChI is InChI=1S/C29H38N2O4/c1-17-11-27(18(2)16-29(4,15-17)30-5)35-28(33)22-14-23-24(31-19(22)3)12-20(13-25(23)32)21-9-7-8-10-26(21)34-6/h7-10,16-17,20,27,30-31H,11-15H2,1-6H3/t17-,20+,27+,29?/m0/s1. The maximum Gasteiger partial charge on any atom is 0.336 e. The van der Waals surface area contributed by atoms with Crippen LogP contribution >= 0.6 is 0 Å². The molecule has 0 saturated carbocycles. The van der Waals surface area contributed by atoms with Crippen LogP contribution in [0.25, 0.3) is 0 Å². The van der Waals surface area contributed by atoms with E-state index in [1.54, 1.807) is 7.11 Å². The molecule has 3 aliphatic rings. The minimum absolute atomic E-state index is 0.0490. The van der Waals surface area contributed by atoms with E-state index < -0.39 is 0 Å².